The first-order valence-corrected chi connectivity index (χ1v) is 14.8. The Morgan fingerprint density at radius 2 is 1.84 bits per heavy atom. The minimum atomic E-state index is -3.43. The van der Waals surface area contributed by atoms with Crippen LogP contribution in [-0.4, -0.2) is 62.1 Å². The SMILES string of the molecule is O=C(NCCc1c[nH]c2ccccc12)[C@H](CCS(=O)(=O)N1CCNCC1)CC1=CC=c2ccccc2=C=C1. The fraction of sp³-hybridized carbons (Fsp3) is 0.333. The van der Waals surface area contributed by atoms with Gasteiger partial charge in [0.15, 0.2) is 0 Å². The van der Waals surface area contributed by atoms with E-state index in [4.69, 9.17) is 0 Å². The monoisotopic (exact) mass is 530 g/mol. The summed E-state index contributed by atoms with van der Waals surface area (Å²) in [6.07, 6.45) is 9.36. The van der Waals surface area contributed by atoms with Gasteiger partial charge in [-0.1, -0.05) is 48.6 Å². The lowest BCUT2D eigenvalue weighted by molar-refractivity contribution is -0.125. The Balaban J connectivity index is 1.28. The number of para-hydroxylation sites is 1. The summed E-state index contributed by atoms with van der Waals surface area (Å²) < 4.78 is 27.6. The van der Waals surface area contributed by atoms with Crippen molar-refractivity contribution in [1.82, 2.24) is 19.9 Å². The number of nitrogens with one attached hydrogen (secondary N) is 3. The maximum Gasteiger partial charge on any atom is 0.223 e. The lowest BCUT2D eigenvalue weighted by Gasteiger charge is -2.27. The number of nitrogens with zero attached hydrogens (tertiary/aromatic N) is 1. The van der Waals surface area contributed by atoms with Crippen LogP contribution in [-0.2, 0) is 21.2 Å². The number of piperazine rings is 1. The van der Waals surface area contributed by atoms with Gasteiger partial charge in [-0.05, 0) is 53.8 Å². The van der Waals surface area contributed by atoms with E-state index in [1.165, 1.54) is 0 Å². The van der Waals surface area contributed by atoms with Crippen LogP contribution in [0.5, 0.6) is 0 Å². The number of H-pyrrole nitrogens is 1. The van der Waals surface area contributed by atoms with Crippen LogP contribution in [0.2, 0.25) is 0 Å². The average molecular weight is 531 g/mol. The van der Waals surface area contributed by atoms with Crippen molar-refractivity contribution in [3.8, 4) is 0 Å². The van der Waals surface area contributed by atoms with Crippen molar-refractivity contribution in [3.05, 3.63) is 88.5 Å². The van der Waals surface area contributed by atoms with Crippen molar-refractivity contribution < 1.29 is 13.2 Å². The Bertz CT molecular complexity index is 1590. The van der Waals surface area contributed by atoms with Crippen molar-refractivity contribution in [3.63, 3.8) is 0 Å². The number of hydrogen-bond acceptors (Lipinski definition) is 4. The van der Waals surface area contributed by atoms with Crippen molar-refractivity contribution >= 4 is 38.6 Å². The normalized spacial score (nSPS) is 16.6. The van der Waals surface area contributed by atoms with Gasteiger partial charge in [0.2, 0.25) is 15.9 Å². The molecular weight excluding hydrogens is 496 g/mol. The first-order valence-electron chi connectivity index (χ1n) is 13.2. The Hall–Kier alpha value is -3.42. The van der Waals surface area contributed by atoms with E-state index in [0.29, 0.717) is 45.6 Å². The molecule has 198 valence electrons. The number of sulfonamides is 1. The smallest absolute Gasteiger partial charge is 0.223 e. The van der Waals surface area contributed by atoms with Crippen molar-refractivity contribution in [2.75, 3.05) is 38.5 Å². The van der Waals surface area contributed by atoms with E-state index in [0.717, 1.165) is 32.5 Å². The highest BCUT2D eigenvalue weighted by molar-refractivity contribution is 7.89. The summed E-state index contributed by atoms with van der Waals surface area (Å²) in [4.78, 5) is 16.7. The highest BCUT2D eigenvalue weighted by Gasteiger charge is 2.27. The van der Waals surface area contributed by atoms with Crippen LogP contribution < -0.4 is 21.1 Å². The van der Waals surface area contributed by atoms with Gasteiger partial charge in [-0.25, -0.2) is 8.42 Å². The molecule has 2 aliphatic rings. The highest BCUT2D eigenvalue weighted by Crippen LogP contribution is 2.21. The number of allylic oxidation sites excluding steroid dienone is 3. The lowest BCUT2D eigenvalue weighted by Crippen LogP contribution is -2.47. The predicted octanol–water partition coefficient (Wildman–Crippen LogP) is 1.81. The van der Waals surface area contributed by atoms with Gasteiger partial charge in [-0.3, -0.25) is 4.79 Å². The van der Waals surface area contributed by atoms with Gasteiger partial charge in [0, 0.05) is 61.0 Å². The van der Waals surface area contributed by atoms with E-state index in [1.54, 1.807) is 4.31 Å². The number of amides is 1. The number of aromatic nitrogens is 1. The summed E-state index contributed by atoms with van der Waals surface area (Å²) in [5.41, 5.74) is 6.51. The molecule has 8 heteroatoms. The largest absolute Gasteiger partial charge is 0.361 e. The molecule has 1 fully saturated rings. The molecule has 38 heavy (non-hydrogen) atoms. The minimum Gasteiger partial charge on any atom is -0.361 e. The molecule has 7 nitrogen and oxygen atoms in total. The Kier molecular flexibility index (Phi) is 8.25. The van der Waals surface area contributed by atoms with Crippen molar-refractivity contribution in [1.29, 1.82) is 0 Å². The van der Waals surface area contributed by atoms with Crippen LogP contribution in [0.3, 0.4) is 0 Å². The molecule has 1 aromatic heterocycles. The van der Waals surface area contributed by atoms with E-state index in [1.807, 2.05) is 66.9 Å². The summed E-state index contributed by atoms with van der Waals surface area (Å²) >= 11 is 0. The standard InChI is InChI=1S/C30H34N4O3S/c35-30(32-15-13-27-22-33-29-8-4-3-7-28(27)29)26(14-20-38(36,37)34-18-16-31-17-19-34)21-23-9-11-24-5-1-2-6-25(24)12-10-23/h1-11,22,26,31,33H,13-21H2,(H,32,35)/t26-/m1/s1. The number of carbonyl (C=O) groups is 1. The molecule has 1 aliphatic carbocycles. The summed E-state index contributed by atoms with van der Waals surface area (Å²) in [5.74, 6) is -0.621. The quantitative estimate of drug-likeness (QED) is 0.373. The molecule has 2 aromatic carbocycles. The van der Waals surface area contributed by atoms with E-state index in [9.17, 15) is 13.2 Å². The van der Waals surface area contributed by atoms with Gasteiger partial charge in [0.25, 0.3) is 0 Å². The third kappa shape index (κ3) is 6.34. The van der Waals surface area contributed by atoms with Gasteiger partial charge in [0.05, 0.1) is 5.75 Å². The molecule has 5 rings (SSSR count). The van der Waals surface area contributed by atoms with Crippen LogP contribution in [0.1, 0.15) is 18.4 Å². The zero-order valence-electron chi connectivity index (χ0n) is 21.4. The highest BCUT2D eigenvalue weighted by atomic mass is 32.2. The first-order chi connectivity index (χ1) is 18.5. The maximum absolute atomic E-state index is 13.4. The Labute approximate surface area is 223 Å². The molecule has 0 spiro atoms. The molecule has 0 bridgehead atoms. The van der Waals surface area contributed by atoms with Crippen LogP contribution in [0.15, 0.2) is 72.5 Å². The third-order valence-electron chi connectivity index (χ3n) is 7.27. The third-order valence-corrected chi connectivity index (χ3v) is 9.17. The van der Waals surface area contributed by atoms with E-state index in [-0.39, 0.29) is 18.1 Å². The molecule has 1 saturated heterocycles. The maximum atomic E-state index is 13.4. The van der Waals surface area contributed by atoms with Crippen LogP contribution in [0, 0.1) is 5.92 Å². The summed E-state index contributed by atoms with van der Waals surface area (Å²) in [7, 11) is -3.43. The van der Waals surface area contributed by atoms with E-state index < -0.39 is 15.9 Å². The molecule has 1 aliphatic heterocycles. The number of hydrogen-bond donors (Lipinski definition) is 3. The van der Waals surface area contributed by atoms with E-state index >= 15 is 0 Å². The van der Waals surface area contributed by atoms with E-state index in [2.05, 4.69) is 27.4 Å². The molecule has 2 heterocycles. The zero-order chi connectivity index (χ0) is 26.4. The lowest BCUT2D eigenvalue weighted by atomic mass is 9.95. The number of carbonyl (C=O) groups excluding carboxylic acids is 1. The summed E-state index contributed by atoms with van der Waals surface area (Å²) in [6, 6.07) is 16.1. The number of benzene rings is 2. The van der Waals surface area contributed by atoms with Gasteiger partial charge in [-0.15, -0.1) is 5.73 Å². The molecule has 0 saturated carbocycles. The van der Waals surface area contributed by atoms with Gasteiger partial charge >= 0.3 is 0 Å². The van der Waals surface area contributed by atoms with Crippen LogP contribution in [0.25, 0.3) is 22.7 Å². The second-order valence-corrected chi connectivity index (χ2v) is 11.9. The average Bonchev–Trinajstić information content (AvgIpc) is 3.24. The molecular formula is C30H34N4O3S. The minimum absolute atomic E-state index is 0.0435. The second kappa shape index (κ2) is 12.0. The molecule has 1 atom stereocenters. The van der Waals surface area contributed by atoms with Crippen molar-refractivity contribution in [2.45, 2.75) is 19.3 Å². The topological polar surface area (TPSA) is 94.3 Å². The summed E-state index contributed by atoms with van der Waals surface area (Å²) in [6.45, 7) is 2.74. The van der Waals surface area contributed by atoms with Gasteiger partial charge in [0.1, 0.15) is 0 Å². The molecule has 3 N–H and O–H groups in total. The second-order valence-electron chi connectivity index (χ2n) is 9.84. The molecule has 0 unspecified atom stereocenters. The molecule has 0 radical (unpaired) electrons. The summed E-state index contributed by atoms with van der Waals surface area (Å²) in [5, 5.41) is 9.49. The number of aromatic amines is 1. The van der Waals surface area contributed by atoms with Crippen molar-refractivity contribution in [2.24, 2.45) is 5.92 Å². The predicted molar refractivity (Wildman–Crippen MR) is 152 cm³/mol. The van der Waals surface area contributed by atoms with Gasteiger partial charge in [-0.2, -0.15) is 4.31 Å². The number of fused-ring (bicyclic) bond motifs is 2. The fourth-order valence-corrected chi connectivity index (χ4v) is 6.65. The fourth-order valence-electron chi connectivity index (χ4n) is 5.07. The van der Waals surface area contributed by atoms with Crippen LogP contribution >= 0.6 is 0 Å². The Morgan fingerprint density at radius 3 is 2.71 bits per heavy atom. The van der Waals surface area contributed by atoms with Crippen LogP contribution in [0.4, 0.5) is 0 Å². The molecule has 3 aromatic rings. The zero-order valence-corrected chi connectivity index (χ0v) is 22.3. The number of rotatable bonds is 10. The molecule has 1 amide bonds. The van der Waals surface area contributed by atoms with Gasteiger partial charge < -0.3 is 15.6 Å². The Morgan fingerprint density at radius 1 is 1.05 bits per heavy atom. The first kappa shape index (κ1) is 26.2.